The Morgan fingerprint density at radius 2 is 2.24 bits per heavy atom. The Kier molecular flexibility index (Phi) is 2.88. The fourth-order valence-electron chi connectivity index (χ4n) is 1.48. The lowest BCUT2D eigenvalue weighted by Gasteiger charge is -2.04. The molecule has 0 atom stereocenters. The molecule has 0 spiro atoms. The highest BCUT2D eigenvalue weighted by Gasteiger charge is 2.00. The predicted molar refractivity (Wildman–Crippen MR) is 63.2 cm³/mol. The molecule has 2 aromatic rings. The van der Waals surface area contributed by atoms with Crippen molar-refractivity contribution in [3.63, 3.8) is 0 Å². The zero-order valence-electron chi connectivity index (χ0n) is 9.00. The number of aromatic nitrogens is 2. The van der Waals surface area contributed by atoms with Gasteiger partial charge in [-0.05, 0) is 17.7 Å². The van der Waals surface area contributed by atoms with Gasteiger partial charge in [-0.25, -0.2) is 4.68 Å². The van der Waals surface area contributed by atoms with Crippen LogP contribution in [0.15, 0.2) is 41.3 Å². The molecule has 0 amide bonds. The van der Waals surface area contributed by atoms with Crippen LogP contribution in [0.3, 0.4) is 0 Å². The quantitative estimate of drug-likeness (QED) is 0.818. The molecule has 2 rings (SSSR count). The van der Waals surface area contributed by atoms with Crippen LogP contribution in [0.2, 0.25) is 0 Å². The van der Waals surface area contributed by atoms with Crippen LogP contribution in [0.25, 0.3) is 0 Å². The second-order valence-electron chi connectivity index (χ2n) is 3.60. The zero-order valence-corrected chi connectivity index (χ0v) is 9.00. The van der Waals surface area contributed by atoms with Crippen molar-refractivity contribution in [1.82, 2.24) is 9.78 Å². The molecule has 5 nitrogen and oxygen atoms in total. The Morgan fingerprint density at radius 1 is 1.41 bits per heavy atom. The normalized spacial score (nSPS) is 9.82. The van der Waals surface area contributed by atoms with Crippen molar-refractivity contribution < 1.29 is 0 Å². The molecule has 0 bridgehead atoms. The van der Waals surface area contributed by atoms with Crippen molar-refractivity contribution in [2.45, 2.75) is 6.54 Å². The maximum absolute atomic E-state index is 11.6. The lowest BCUT2D eigenvalue weighted by atomic mass is 10.1. The van der Waals surface area contributed by atoms with Crippen LogP contribution < -0.4 is 11.3 Å². The van der Waals surface area contributed by atoms with Gasteiger partial charge in [-0.3, -0.25) is 4.79 Å². The van der Waals surface area contributed by atoms with Crippen LogP contribution in [0.5, 0.6) is 0 Å². The van der Waals surface area contributed by atoms with Crippen LogP contribution in [0.1, 0.15) is 11.1 Å². The van der Waals surface area contributed by atoms with Crippen molar-refractivity contribution in [3.8, 4) is 6.07 Å². The molecule has 1 aromatic carbocycles. The van der Waals surface area contributed by atoms with Gasteiger partial charge in [-0.2, -0.15) is 10.4 Å². The summed E-state index contributed by atoms with van der Waals surface area (Å²) in [6.07, 6.45) is 1.43. The first-order valence-electron chi connectivity index (χ1n) is 5.01. The van der Waals surface area contributed by atoms with E-state index >= 15 is 0 Å². The van der Waals surface area contributed by atoms with E-state index in [0.717, 1.165) is 5.56 Å². The molecule has 0 aliphatic rings. The second-order valence-corrected chi connectivity index (χ2v) is 3.60. The molecule has 0 fully saturated rings. The van der Waals surface area contributed by atoms with Gasteiger partial charge in [0.05, 0.1) is 30.1 Å². The minimum atomic E-state index is -0.257. The first-order valence-corrected chi connectivity index (χ1v) is 5.01. The van der Waals surface area contributed by atoms with Gasteiger partial charge >= 0.3 is 0 Å². The highest BCUT2D eigenvalue weighted by atomic mass is 16.1. The topological polar surface area (TPSA) is 84.7 Å². The van der Waals surface area contributed by atoms with E-state index in [-0.39, 0.29) is 5.56 Å². The number of hydrogen-bond donors (Lipinski definition) is 1. The third kappa shape index (κ3) is 2.49. The monoisotopic (exact) mass is 226 g/mol. The minimum absolute atomic E-state index is 0.257. The lowest BCUT2D eigenvalue weighted by Crippen LogP contribution is -2.22. The molecular weight excluding hydrogens is 216 g/mol. The van der Waals surface area contributed by atoms with E-state index in [1.54, 1.807) is 18.2 Å². The summed E-state index contributed by atoms with van der Waals surface area (Å²) in [7, 11) is 0. The average molecular weight is 226 g/mol. The standard InChI is InChI=1S/C12H10N4O/c13-6-9-2-1-3-10(4-9)8-16-12(17)5-11(14)7-15-16/h1-5,7H,8,14H2. The summed E-state index contributed by atoms with van der Waals surface area (Å²) in [6, 6.07) is 10.4. The fraction of sp³-hybridized carbons (Fsp3) is 0.0833. The Bertz CT molecular complexity index is 639. The largest absolute Gasteiger partial charge is 0.397 e. The molecule has 0 unspecified atom stereocenters. The van der Waals surface area contributed by atoms with Gasteiger partial charge < -0.3 is 5.73 Å². The summed E-state index contributed by atoms with van der Waals surface area (Å²) >= 11 is 0. The van der Waals surface area contributed by atoms with Gasteiger partial charge in [0.15, 0.2) is 0 Å². The average Bonchev–Trinajstić information content (AvgIpc) is 2.33. The Hall–Kier alpha value is -2.61. The highest BCUT2D eigenvalue weighted by Crippen LogP contribution is 2.05. The lowest BCUT2D eigenvalue weighted by molar-refractivity contribution is 0.640. The number of nitriles is 1. The van der Waals surface area contributed by atoms with Crippen molar-refractivity contribution in [2.75, 3.05) is 5.73 Å². The summed E-state index contributed by atoms with van der Waals surface area (Å²) in [6.45, 7) is 0.328. The second kappa shape index (κ2) is 4.49. The molecule has 0 saturated heterocycles. The summed E-state index contributed by atoms with van der Waals surface area (Å²) in [5.74, 6) is 0. The molecule has 17 heavy (non-hydrogen) atoms. The van der Waals surface area contributed by atoms with Gasteiger partial charge in [0.2, 0.25) is 0 Å². The van der Waals surface area contributed by atoms with E-state index < -0.39 is 0 Å². The van der Waals surface area contributed by atoms with Gasteiger partial charge in [0, 0.05) is 6.07 Å². The van der Waals surface area contributed by atoms with Crippen LogP contribution in [0.4, 0.5) is 5.69 Å². The summed E-state index contributed by atoms with van der Waals surface area (Å²) in [5.41, 5.74) is 6.95. The summed E-state index contributed by atoms with van der Waals surface area (Å²) in [4.78, 5) is 11.6. The Morgan fingerprint density at radius 3 is 2.94 bits per heavy atom. The van der Waals surface area contributed by atoms with Gasteiger partial charge in [-0.1, -0.05) is 12.1 Å². The first-order chi connectivity index (χ1) is 8.19. The molecule has 2 N–H and O–H groups in total. The molecule has 1 aromatic heterocycles. The van der Waals surface area contributed by atoms with Crippen LogP contribution in [0, 0.1) is 11.3 Å². The number of rotatable bonds is 2. The maximum Gasteiger partial charge on any atom is 0.269 e. The summed E-state index contributed by atoms with van der Waals surface area (Å²) < 4.78 is 1.30. The number of benzene rings is 1. The number of nitrogen functional groups attached to an aromatic ring is 1. The molecule has 0 aliphatic carbocycles. The molecule has 1 heterocycles. The smallest absolute Gasteiger partial charge is 0.269 e. The molecule has 5 heteroatoms. The first kappa shape index (κ1) is 10.9. The summed E-state index contributed by atoms with van der Waals surface area (Å²) in [5, 5.41) is 12.7. The Labute approximate surface area is 97.7 Å². The maximum atomic E-state index is 11.6. The van der Waals surface area contributed by atoms with Gasteiger partial charge in [0.25, 0.3) is 5.56 Å². The van der Waals surface area contributed by atoms with Crippen LogP contribution >= 0.6 is 0 Å². The number of nitrogens with two attached hydrogens (primary N) is 1. The third-order valence-electron chi connectivity index (χ3n) is 2.28. The van der Waals surface area contributed by atoms with Gasteiger partial charge in [0.1, 0.15) is 0 Å². The SMILES string of the molecule is N#Cc1cccc(Cn2ncc(N)cc2=O)c1. The zero-order chi connectivity index (χ0) is 12.3. The number of nitrogens with zero attached hydrogens (tertiary/aromatic N) is 3. The van der Waals surface area contributed by atoms with Crippen molar-refractivity contribution in [1.29, 1.82) is 5.26 Å². The van der Waals surface area contributed by atoms with E-state index in [0.29, 0.717) is 17.8 Å². The fourth-order valence-corrected chi connectivity index (χ4v) is 1.48. The predicted octanol–water partition coefficient (Wildman–Crippen LogP) is 0.745. The van der Waals surface area contributed by atoms with E-state index in [1.165, 1.54) is 16.9 Å². The highest BCUT2D eigenvalue weighted by molar-refractivity contribution is 5.33. The van der Waals surface area contributed by atoms with Gasteiger partial charge in [-0.15, -0.1) is 0 Å². The van der Waals surface area contributed by atoms with E-state index in [9.17, 15) is 4.79 Å². The molecule has 0 saturated carbocycles. The van der Waals surface area contributed by atoms with Crippen molar-refractivity contribution in [2.24, 2.45) is 0 Å². The molecule has 84 valence electrons. The van der Waals surface area contributed by atoms with E-state index in [4.69, 9.17) is 11.0 Å². The van der Waals surface area contributed by atoms with E-state index in [2.05, 4.69) is 5.10 Å². The van der Waals surface area contributed by atoms with Crippen LogP contribution in [-0.4, -0.2) is 9.78 Å². The molecular formula is C12H10N4O. The number of hydrogen-bond acceptors (Lipinski definition) is 4. The minimum Gasteiger partial charge on any atom is -0.397 e. The third-order valence-corrected chi connectivity index (χ3v) is 2.28. The molecule has 0 aliphatic heterocycles. The molecule has 0 radical (unpaired) electrons. The number of anilines is 1. The van der Waals surface area contributed by atoms with E-state index in [1.807, 2.05) is 12.1 Å². The van der Waals surface area contributed by atoms with Crippen molar-refractivity contribution in [3.05, 3.63) is 58.0 Å². The van der Waals surface area contributed by atoms with Crippen LogP contribution in [-0.2, 0) is 6.54 Å². The van der Waals surface area contributed by atoms with Crippen molar-refractivity contribution >= 4 is 5.69 Å². The Balaban J connectivity index is 2.32.